The summed E-state index contributed by atoms with van der Waals surface area (Å²) in [6.45, 7) is 3.11. The van der Waals surface area contributed by atoms with E-state index < -0.39 is 0 Å². The molecule has 26 heavy (non-hydrogen) atoms. The van der Waals surface area contributed by atoms with Crippen LogP contribution in [0.3, 0.4) is 0 Å². The van der Waals surface area contributed by atoms with Gasteiger partial charge in [0.05, 0.1) is 20.8 Å². The van der Waals surface area contributed by atoms with Crippen molar-refractivity contribution in [2.45, 2.75) is 31.2 Å². The molecule has 1 saturated carbocycles. The van der Waals surface area contributed by atoms with E-state index in [4.69, 9.17) is 20.2 Å². The van der Waals surface area contributed by atoms with Crippen molar-refractivity contribution in [3.63, 3.8) is 0 Å². The van der Waals surface area contributed by atoms with Crippen molar-refractivity contribution in [1.29, 1.82) is 0 Å². The highest BCUT2D eigenvalue weighted by atomic mass is 32.2. The van der Waals surface area contributed by atoms with Gasteiger partial charge in [0, 0.05) is 41.9 Å². The lowest BCUT2D eigenvalue weighted by molar-refractivity contribution is 0.112. The SMILES string of the molecule is COc1ccc(NC(N)=NCC2(N3CCSCC3)CCCC2)cc1OC. The topological polar surface area (TPSA) is 72.1 Å². The van der Waals surface area contributed by atoms with Gasteiger partial charge in [-0.1, -0.05) is 12.8 Å². The summed E-state index contributed by atoms with van der Waals surface area (Å²) >= 11 is 2.05. The Hall–Kier alpha value is -1.60. The zero-order valence-electron chi connectivity index (χ0n) is 15.8. The van der Waals surface area contributed by atoms with Crippen molar-refractivity contribution in [3.8, 4) is 11.5 Å². The number of aliphatic imine (C=N–C) groups is 1. The number of methoxy groups -OCH3 is 2. The molecule has 0 amide bonds. The smallest absolute Gasteiger partial charge is 0.193 e. The lowest BCUT2D eigenvalue weighted by atomic mass is 9.95. The third kappa shape index (κ3) is 4.38. The number of rotatable bonds is 6. The second-order valence-corrected chi connectivity index (χ2v) is 8.15. The van der Waals surface area contributed by atoms with E-state index in [0.717, 1.165) is 12.2 Å². The molecule has 1 aromatic rings. The summed E-state index contributed by atoms with van der Waals surface area (Å²) in [5, 5.41) is 3.18. The molecule has 2 fully saturated rings. The van der Waals surface area contributed by atoms with Gasteiger partial charge in [-0.15, -0.1) is 0 Å². The van der Waals surface area contributed by atoms with Gasteiger partial charge < -0.3 is 20.5 Å². The molecule has 3 rings (SSSR count). The van der Waals surface area contributed by atoms with Crippen LogP contribution in [0.2, 0.25) is 0 Å². The summed E-state index contributed by atoms with van der Waals surface area (Å²) in [5.41, 5.74) is 7.22. The van der Waals surface area contributed by atoms with E-state index in [1.54, 1.807) is 14.2 Å². The van der Waals surface area contributed by atoms with E-state index in [0.29, 0.717) is 17.5 Å². The number of nitrogens with one attached hydrogen (secondary N) is 1. The van der Waals surface area contributed by atoms with Crippen LogP contribution in [-0.4, -0.2) is 61.8 Å². The van der Waals surface area contributed by atoms with Gasteiger partial charge in [-0.2, -0.15) is 11.8 Å². The maximum Gasteiger partial charge on any atom is 0.193 e. The van der Waals surface area contributed by atoms with Crippen LogP contribution >= 0.6 is 11.8 Å². The normalized spacial score (nSPS) is 20.8. The third-order valence-electron chi connectivity index (χ3n) is 5.42. The summed E-state index contributed by atoms with van der Waals surface area (Å²) < 4.78 is 10.6. The molecule has 1 saturated heterocycles. The predicted molar refractivity (Wildman–Crippen MR) is 110 cm³/mol. The maximum atomic E-state index is 6.18. The quantitative estimate of drug-likeness (QED) is 0.586. The van der Waals surface area contributed by atoms with Crippen molar-refractivity contribution >= 4 is 23.4 Å². The Morgan fingerprint density at radius 3 is 2.54 bits per heavy atom. The number of anilines is 1. The number of guanidine groups is 1. The van der Waals surface area contributed by atoms with Crippen molar-refractivity contribution in [2.24, 2.45) is 10.7 Å². The Morgan fingerprint density at radius 1 is 1.19 bits per heavy atom. The van der Waals surface area contributed by atoms with Crippen LogP contribution in [0.15, 0.2) is 23.2 Å². The van der Waals surface area contributed by atoms with E-state index in [-0.39, 0.29) is 5.54 Å². The maximum absolute atomic E-state index is 6.18. The molecule has 0 atom stereocenters. The van der Waals surface area contributed by atoms with Crippen molar-refractivity contribution in [3.05, 3.63) is 18.2 Å². The van der Waals surface area contributed by atoms with Crippen LogP contribution in [-0.2, 0) is 0 Å². The first-order chi connectivity index (χ1) is 12.7. The second kappa shape index (κ2) is 8.86. The predicted octanol–water partition coefficient (Wildman–Crippen LogP) is 2.79. The molecule has 7 heteroatoms. The first kappa shape index (κ1) is 19.2. The molecule has 144 valence electrons. The molecule has 0 spiro atoms. The molecule has 1 aliphatic carbocycles. The Labute approximate surface area is 160 Å². The Bertz CT molecular complexity index is 626. The van der Waals surface area contributed by atoms with Gasteiger partial charge in [0.1, 0.15) is 0 Å². The highest BCUT2D eigenvalue weighted by Crippen LogP contribution is 2.37. The van der Waals surface area contributed by atoms with Crippen LogP contribution in [0.1, 0.15) is 25.7 Å². The van der Waals surface area contributed by atoms with Crippen LogP contribution in [0.4, 0.5) is 5.69 Å². The lowest BCUT2D eigenvalue weighted by Crippen LogP contribution is -2.52. The molecule has 0 radical (unpaired) electrons. The molecule has 3 N–H and O–H groups in total. The molecule has 1 aliphatic heterocycles. The van der Waals surface area contributed by atoms with Crippen LogP contribution in [0.5, 0.6) is 11.5 Å². The fraction of sp³-hybridized carbons (Fsp3) is 0.632. The van der Waals surface area contributed by atoms with Gasteiger partial charge in [0.15, 0.2) is 17.5 Å². The highest BCUT2D eigenvalue weighted by molar-refractivity contribution is 7.99. The Balaban J connectivity index is 1.66. The number of ether oxygens (including phenoxy) is 2. The number of nitrogens with zero attached hydrogens (tertiary/aromatic N) is 2. The third-order valence-corrected chi connectivity index (χ3v) is 6.36. The molecule has 0 unspecified atom stereocenters. The number of hydrogen-bond donors (Lipinski definition) is 2. The van der Waals surface area contributed by atoms with Crippen LogP contribution in [0.25, 0.3) is 0 Å². The minimum absolute atomic E-state index is 0.199. The first-order valence-electron chi connectivity index (χ1n) is 9.29. The van der Waals surface area contributed by atoms with Crippen molar-refractivity contribution in [2.75, 3.05) is 50.7 Å². The molecule has 0 aromatic heterocycles. The van der Waals surface area contributed by atoms with E-state index in [9.17, 15) is 0 Å². The van der Waals surface area contributed by atoms with Gasteiger partial charge in [0.25, 0.3) is 0 Å². The molecular formula is C19H30N4O2S. The lowest BCUT2D eigenvalue weighted by Gasteiger charge is -2.42. The molecule has 0 bridgehead atoms. The van der Waals surface area contributed by atoms with E-state index >= 15 is 0 Å². The van der Waals surface area contributed by atoms with E-state index in [2.05, 4.69) is 22.0 Å². The number of nitrogens with two attached hydrogens (primary N) is 1. The number of hydrogen-bond acceptors (Lipinski definition) is 5. The molecule has 6 nitrogen and oxygen atoms in total. The average Bonchev–Trinajstić information content (AvgIpc) is 3.17. The Morgan fingerprint density at radius 2 is 1.88 bits per heavy atom. The second-order valence-electron chi connectivity index (χ2n) is 6.93. The van der Waals surface area contributed by atoms with Crippen LogP contribution in [0, 0.1) is 0 Å². The summed E-state index contributed by atoms with van der Waals surface area (Å²) in [4.78, 5) is 7.37. The summed E-state index contributed by atoms with van der Waals surface area (Å²) in [7, 11) is 3.25. The minimum Gasteiger partial charge on any atom is -0.493 e. The standard InChI is InChI=1S/C19H30N4O2S/c1-24-16-6-5-15(13-17(16)25-2)22-18(20)21-14-19(7-3-4-8-19)23-9-11-26-12-10-23/h5-6,13H,3-4,7-12,14H2,1-2H3,(H3,20,21,22). The molecular weight excluding hydrogens is 348 g/mol. The summed E-state index contributed by atoms with van der Waals surface area (Å²) in [6, 6.07) is 5.64. The minimum atomic E-state index is 0.199. The molecule has 1 aromatic carbocycles. The average molecular weight is 379 g/mol. The van der Waals surface area contributed by atoms with Crippen molar-refractivity contribution in [1.82, 2.24) is 4.90 Å². The number of thioether (sulfide) groups is 1. The van der Waals surface area contributed by atoms with E-state index in [1.165, 1.54) is 50.3 Å². The Kier molecular flexibility index (Phi) is 6.53. The van der Waals surface area contributed by atoms with E-state index in [1.807, 2.05) is 18.2 Å². The van der Waals surface area contributed by atoms with Gasteiger partial charge >= 0.3 is 0 Å². The fourth-order valence-corrected chi connectivity index (χ4v) is 4.88. The number of benzene rings is 1. The molecule has 1 heterocycles. The first-order valence-corrected chi connectivity index (χ1v) is 10.4. The van der Waals surface area contributed by atoms with Crippen molar-refractivity contribution < 1.29 is 9.47 Å². The summed E-state index contributed by atoms with van der Waals surface area (Å²) in [6.07, 6.45) is 5.04. The largest absolute Gasteiger partial charge is 0.493 e. The monoisotopic (exact) mass is 378 g/mol. The van der Waals surface area contributed by atoms with Gasteiger partial charge in [0.2, 0.25) is 0 Å². The summed E-state index contributed by atoms with van der Waals surface area (Å²) in [5.74, 6) is 4.27. The highest BCUT2D eigenvalue weighted by Gasteiger charge is 2.39. The molecule has 2 aliphatic rings. The van der Waals surface area contributed by atoms with Gasteiger partial charge in [-0.3, -0.25) is 9.89 Å². The van der Waals surface area contributed by atoms with Crippen LogP contribution < -0.4 is 20.5 Å². The zero-order chi connectivity index (χ0) is 18.4. The van der Waals surface area contributed by atoms with Gasteiger partial charge in [-0.25, -0.2) is 0 Å². The fourth-order valence-electron chi connectivity index (χ4n) is 3.98. The zero-order valence-corrected chi connectivity index (χ0v) is 16.6. The van der Waals surface area contributed by atoms with Gasteiger partial charge in [-0.05, 0) is 25.0 Å².